The third kappa shape index (κ3) is 4.47. The number of nitrogens with zero attached hydrogens (tertiary/aromatic N) is 1. The summed E-state index contributed by atoms with van der Waals surface area (Å²) in [6.45, 7) is 0. The lowest BCUT2D eigenvalue weighted by Gasteiger charge is -2.12. The number of aromatic nitrogens is 1. The molecule has 0 bridgehead atoms. The summed E-state index contributed by atoms with van der Waals surface area (Å²) in [7, 11) is -3.75. The lowest BCUT2D eigenvalue weighted by Crippen LogP contribution is -2.26. The number of thiazole rings is 1. The van der Waals surface area contributed by atoms with Gasteiger partial charge < -0.3 is 5.32 Å². The zero-order valence-electron chi connectivity index (χ0n) is 10.6. The van der Waals surface area contributed by atoms with Crippen LogP contribution in [0.4, 0.5) is 10.8 Å². The smallest absolute Gasteiger partial charge is 0.276 e. The van der Waals surface area contributed by atoms with E-state index >= 15 is 0 Å². The molecule has 0 spiro atoms. The number of nitrogens with one attached hydrogen (secondary N) is 2. The van der Waals surface area contributed by atoms with Gasteiger partial charge in [0, 0.05) is 17.3 Å². The first kappa shape index (κ1) is 17.3. The summed E-state index contributed by atoms with van der Waals surface area (Å²) in [5.74, 6) is -0.839. The van der Waals surface area contributed by atoms with Crippen molar-refractivity contribution in [2.24, 2.45) is 0 Å². The maximum atomic E-state index is 12.1. The van der Waals surface area contributed by atoms with Crippen LogP contribution >= 0.6 is 46.1 Å². The van der Waals surface area contributed by atoms with Crippen LogP contribution in [0.3, 0.4) is 0 Å². The minimum absolute atomic E-state index is 0.00887. The highest BCUT2D eigenvalue weighted by molar-refractivity contribution is 7.93. The van der Waals surface area contributed by atoms with Gasteiger partial charge in [0.25, 0.3) is 19.7 Å². The van der Waals surface area contributed by atoms with E-state index in [1.54, 1.807) is 5.38 Å². The van der Waals surface area contributed by atoms with Crippen LogP contribution in [0.15, 0.2) is 40.7 Å². The molecular formula is C11H8Cl3N3O3S2. The fourth-order valence-corrected chi connectivity index (χ4v) is 3.30. The molecule has 22 heavy (non-hydrogen) atoms. The normalized spacial score (nSPS) is 12.0. The van der Waals surface area contributed by atoms with E-state index in [1.807, 2.05) is 0 Å². The molecule has 0 aliphatic rings. The summed E-state index contributed by atoms with van der Waals surface area (Å²) < 4.78 is 24.4. The molecule has 0 saturated carbocycles. The average Bonchev–Trinajstić information content (AvgIpc) is 2.90. The molecule has 6 nitrogen and oxygen atoms in total. The maximum absolute atomic E-state index is 12.1. The van der Waals surface area contributed by atoms with Crippen molar-refractivity contribution in [3.63, 3.8) is 0 Å². The van der Waals surface area contributed by atoms with Crippen molar-refractivity contribution in [3.05, 3.63) is 35.8 Å². The van der Waals surface area contributed by atoms with Crippen LogP contribution in [0.5, 0.6) is 0 Å². The molecule has 0 aliphatic carbocycles. The van der Waals surface area contributed by atoms with Crippen LogP contribution in [-0.4, -0.2) is 23.1 Å². The van der Waals surface area contributed by atoms with Gasteiger partial charge in [-0.1, -0.05) is 34.8 Å². The standard InChI is InChI=1S/C11H8Cl3N3O3S2/c12-11(13,14)9(18)16-7-1-3-8(4-2-7)22(19,20)17-10-15-5-6-21-10/h1-6H,(H,15,17)(H,16,18). The molecule has 2 aromatic rings. The van der Waals surface area contributed by atoms with Crippen molar-refractivity contribution in [1.82, 2.24) is 4.98 Å². The highest BCUT2D eigenvalue weighted by atomic mass is 35.6. The molecule has 0 unspecified atom stereocenters. The zero-order valence-corrected chi connectivity index (χ0v) is 14.5. The van der Waals surface area contributed by atoms with Gasteiger partial charge in [0.2, 0.25) is 0 Å². The molecule has 0 fully saturated rings. The van der Waals surface area contributed by atoms with Gasteiger partial charge in [-0.2, -0.15) is 0 Å². The molecule has 2 N–H and O–H groups in total. The lowest BCUT2D eigenvalue weighted by molar-refractivity contribution is -0.115. The van der Waals surface area contributed by atoms with Gasteiger partial charge in [0.05, 0.1) is 4.90 Å². The Morgan fingerprint density at radius 1 is 1.18 bits per heavy atom. The van der Waals surface area contributed by atoms with E-state index in [2.05, 4.69) is 15.0 Å². The molecule has 1 aromatic heterocycles. The number of alkyl halides is 3. The van der Waals surface area contributed by atoms with Crippen LogP contribution in [0.2, 0.25) is 0 Å². The van der Waals surface area contributed by atoms with Gasteiger partial charge in [-0.15, -0.1) is 11.3 Å². The van der Waals surface area contributed by atoms with Crippen LogP contribution < -0.4 is 10.0 Å². The third-order valence-corrected chi connectivity index (χ3v) is 5.02. The van der Waals surface area contributed by atoms with E-state index in [0.29, 0.717) is 5.69 Å². The van der Waals surface area contributed by atoms with Gasteiger partial charge in [-0.05, 0) is 24.3 Å². The second-order valence-electron chi connectivity index (χ2n) is 3.92. The topological polar surface area (TPSA) is 88.2 Å². The van der Waals surface area contributed by atoms with E-state index in [0.717, 1.165) is 11.3 Å². The average molecular weight is 401 g/mol. The van der Waals surface area contributed by atoms with Gasteiger partial charge in [0.1, 0.15) is 0 Å². The van der Waals surface area contributed by atoms with Crippen LogP contribution in [-0.2, 0) is 14.8 Å². The Bertz CT molecular complexity index is 756. The monoisotopic (exact) mass is 399 g/mol. The number of rotatable bonds is 4. The molecule has 2 rings (SSSR count). The minimum Gasteiger partial charge on any atom is -0.322 e. The predicted molar refractivity (Wildman–Crippen MR) is 88.3 cm³/mol. The Morgan fingerprint density at radius 2 is 1.82 bits per heavy atom. The van der Waals surface area contributed by atoms with E-state index in [-0.39, 0.29) is 10.0 Å². The first-order valence-corrected chi connectivity index (χ1v) is 9.09. The van der Waals surface area contributed by atoms with E-state index < -0.39 is 19.7 Å². The first-order valence-electron chi connectivity index (χ1n) is 5.59. The van der Waals surface area contributed by atoms with E-state index in [1.165, 1.54) is 30.5 Å². The summed E-state index contributed by atoms with van der Waals surface area (Å²) in [6, 6.07) is 5.38. The Balaban J connectivity index is 2.13. The Morgan fingerprint density at radius 3 is 2.32 bits per heavy atom. The van der Waals surface area contributed by atoms with Gasteiger partial charge >= 0.3 is 0 Å². The van der Waals surface area contributed by atoms with Crippen molar-refractivity contribution in [3.8, 4) is 0 Å². The third-order valence-electron chi connectivity index (χ3n) is 2.33. The predicted octanol–water partition coefficient (Wildman–Crippen LogP) is 3.25. The van der Waals surface area contributed by atoms with Crippen LogP contribution in [0.25, 0.3) is 0 Å². The molecule has 0 atom stereocenters. The summed E-state index contributed by atoms with van der Waals surface area (Å²) in [5, 5.41) is 4.25. The Kier molecular flexibility index (Phi) is 5.18. The number of amides is 1. The Labute approximate surface area is 145 Å². The second-order valence-corrected chi connectivity index (χ2v) is 8.78. The van der Waals surface area contributed by atoms with Crippen molar-refractivity contribution in [2.45, 2.75) is 8.69 Å². The van der Waals surface area contributed by atoms with E-state index in [4.69, 9.17) is 34.8 Å². The van der Waals surface area contributed by atoms with Crippen molar-refractivity contribution in [2.75, 3.05) is 10.0 Å². The van der Waals surface area contributed by atoms with Crippen molar-refractivity contribution >= 4 is 72.9 Å². The number of sulfonamides is 1. The Hall–Kier alpha value is -1.06. The van der Waals surface area contributed by atoms with Crippen molar-refractivity contribution in [1.29, 1.82) is 0 Å². The highest BCUT2D eigenvalue weighted by Crippen LogP contribution is 2.28. The number of carbonyl (C=O) groups excluding carboxylic acids is 1. The summed E-state index contributed by atoms with van der Waals surface area (Å²) in [4.78, 5) is 15.3. The molecule has 1 heterocycles. The van der Waals surface area contributed by atoms with Gasteiger partial charge in [0.15, 0.2) is 5.13 Å². The fourth-order valence-electron chi connectivity index (χ4n) is 1.37. The SMILES string of the molecule is O=C(Nc1ccc(S(=O)(=O)Nc2nccs2)cc1)C(Cl)(Cl)Cl. The molecule has 0 radical (unpaired) electrons. The number of hydrogen-bond acceptors (Lipinski definition) is 5. The van der Waals surface area contributed by atoms with Gasteiger partial charge in [-0.3, -0.25) is 9.52 Å². The highest BCUT2D eigenvalue weighted by Gasteiger charge is 2.30. The number of carbonyl (C=O) groups is 1. The summed E-state index contributed by atoms with van der Waals surface area (Å²) >= 11 is 17.4. The van der Waals surface area contributed by atoms with Crippen molar-refractivity contribution < 1.29 is 13.2 Å². The molecule has 1 amide bonds. The molecule has 11 heteroatoms. The minimum atomic E-state index is -3.75. The molecule has 0 aliphatic heterocycles. The first-order chi connectivity index (χ1) is 10.2. The van der Waals surface area contributed by atoms with Crippen LogP contribution in [0.1, 0.15) is 0 Å². The quantitative estimate of drug-likeness (QED) is 0.771. The summed E-state index contributed by atoms with van der Waals surface area (Å²) in [6.07, 6.45) is 1.48. The second kappa shape index (κ2) is 6.59. The van der Waals surface area contributed by atoms with Gasteiger partial charge in [-0.25, -0.2) is 13.4 Å². The number of halogens is 3. The van der Waals surface area contributed by atoms with E-state index in [9.17, 15) is 13.2 Å². The summed E-state index contributed by atoms with van der Waals surface area (Å²) in [5.41, 5.74) is 0.296. The fraction of sp³-hybridized carbons (Fsp3) is 0.0909. The van der Waals surface area contributed by atoms with Crippen LogP contribution in [0, 0.1) is 0 Å². The lowest BCUT2D eigenvalue weighted by atomic mass is 10.3. The number of anilines is 2. The number of benzene rings is 1. The molecule has 0 saturated heterocycles. The zero-order chi connectivity index (χ0) is 16.4. The maximum Gasteiger partial charge on any atom is 0.276 e. The molecule has 118 valence electrons. The largest absolute Gasteiger partial charge is 0.322 e. The number of hydrogen-bond donors (Lipinski definition) is 2. The molecular weight excluding hydrogens is 393 g/mol. The molecule has 1 aromatic carbocycles.